The number of esters is 1. The first-order chi connectivity index (χ1) is 21.1. The van der Waals surface area contributed by atoms with Gasteiger partial charge < -0.3 is 9.15 Å². The van der Waals surface area contributed by atoms with Crippen molar-refractivity contribution in [2.45, 2.75) is 38.8 Å². The maximum atomic E-state index is 13.8. The van der Waals surface area contributed by atoms with Gasteiger partial charge in [-0.15, -0.1) is 0 Å². The van der Waals surface area contributed by atoms with Crippen LogP contribution in [0.5, 0.6) is 0 Å². The SMILES string of the molecule is CCOC(=O)C1=C(C)N(c2ccc(Br)cc2)C(=O)/C1=C/c1ccc(CN(Cc2ccccc2)S(=O)(=O)c2ccc(C)cc2)o1. The van der Waals surface area contributed by atoms with Crippen molar-refractivity contribution in [3.63, 3.8) is 0 Å². The van der Waals surface area contributed by atoms with Crippen LogP contribution in [-0.2, 0) is 37.4 Å². The maximum absolute atomic E-state index is 13.8. The number of hydrogen-bond donors (Lipinski definition) is 0. The van der Waals surface area contributed by atoms with E-state index in [2.05, 4.69) is 15.9 Å². The largest absolute Gasteiger partial charge is 0.462 e. The summed E-state index contributed by atoms with van der Waals surface area (Å²) in [5.74, 6) is -0.354. The number of sulfonamides is 1. The van der Waals surface area contributed by atoms with Crippen molar-refractivity contribution >= 4 is 49.6 Å². The van der Waals surface area contributed by atoms with Crippen LogP contribution in [0.2, 0.25) is 0 Å². The Hall–Kier alpha value is -4.25. The molecule has 0 radical (unpaired) electrons. The predicted molar refractivity (Wildman–Crippen MR) is 172 cm³/mol. The second kappa shape index (κ2) is 13.2. The van der Waals surface area contributed by atoms with Crippen LogP contribution in [0.25, 0.3) is 6.08 Å². The minimum atomic E-state index is -3.89. The number of nitrogens with zero attached hydrogens (tertiary/aromatic N) is 2. The van der Waals surface area contributed by atoms with Gasteiger partial charge in [0.05, 0.1) is 29.2 Å². The molecule has 1 aliphatic rings. The lowest BCUT2D eigenvalue weighted by Crippen LogP contribution is -2.30. The van der Waals surface area contributed by atoms with Crippen molar-refractivity contribution in [2.24, 2.45) is 0 Å². The predicted octanol–water partition coefficient (Wildman–Crippen LogP) is 7.01. The van der Waals surface area contributed by atoms with E-state index in [-0.39, 0.29) is 35.7 Å². The molecule has 0 spiro atoms. The van der Waals surface area contributed by atoms with Crippen molar-refractivity contribution in [2.75, 3.05) is 11.5 Å². The lowest BCUT2D eigenvalue weighted by molar-refractivity contribution is -0.138. The third-order valence-corrected chi connectivity index (χ3v) is 9.46. The number of hydrogen-bond acceptors (Lipinski definition) is 6. The Labute approximate surface area is 265 Å². The number of ether oxygens (including phenoxy) is 1. The van der Waals surface area contributed by atoms with Crippen LogP contribution in [0, 0.1) is 6.92 Å². The highest BCUT2D eigenvalue weighted by atomic mass is 79.9. The third kappa shape index (κ3) is 6.62. The number of halogens is 1. The highest BCUT2D eigenvalue weighted by Gasteiger charge is 2.38. The van der Waals surface area contributed by atoms with E-state index in [1.807, 2.05) is 49.4 Å². The number of carbonyl (C=O) groups excluding carboxylic acids is 2. The summed E-state index contributed by atoms with van der Waals surface area (Å²) in [5.41, 5.74) is 3.07. The van der Waals surface area contributed by atoms with Gasteiger partial charge in [0, 0.05) is 22.4 Å². The maximum Gasteiger partial charge on any atom is 0.340 e. The van der Waals surface area contributed by atoms with Crippen LogP contribution in [0.15, 0.2) is 122 Å². The monoisotopic (exact) mass is 674 g/mol. The molecule has 4 aromatic rings. The number of rotatable bonds is 10. The molecule has 0 saturated heterocycles. The summed E-state index contributed by atoms with van der Waals surface area (Å²) in [6.07, 6.45) is 1.50. The smallest absolute Gasteiger partial charge is 0.340 e. The lowest BCUT2D eigenvalue weighted by atomic mass is 10.1. The zero-order chi connectivity index (χ0) is 31.4. The molecule has 3 aromatic carbocycles. The van der Waals surface area contributed by atoms with Crippen molar-refractivity contribution in [3.8, 4) is 0 Å². The Morgan fingerprint density at radius 1 is 0.932 bits per heavy atom. The molecule has 0 N–H and O–H groups in total. The molecule has 1 amide bonds. The molecule has 10 heteroatoms. The fraction of sp³-hybridized carbons (Fsp3) is 0.176. The van der Waals surface area contributed by atoms with Gasteiger partial charge in [-0.25, -0.2) is 13.2 Å². The van der Waals surface area contributed by atoms with E-state index in [4.69, 9.17) is 9.15 Å². The van der Waals surface area contributed by atoms with Gasteiger partial charge in [-0.1, -0.05) is 64.0 Å². The quantitative estimate of drug-likeness (QED) is 0.133. The Morgan fingerprint density at radius 2 is 1.61 bits per heavy atom. The Kier molecular flexibility index (Phi) is 9.33. The van der Waals surface area contributed by atoms with Crippen LogP contribution in [0.1, 0.15) is 36.5 Å². The zero-order valence-electron chi connectivity index (χ0n) is 24.5. The van der Waals surface area contributed by atoms with Crippen molar-refractivity contribution in [1.82, 2.24) is 4.31 Å². The average molecular weight is 676 g/mol. The molecule has 8 nitrogen and oxygen atoms in total. The Morgan fingerprint density at radius 3 is 2.27 bits per heavy atom. The standard InChI is InChI=1S/C34H31BrN2O6S/c1-4-42-34(39)32-24(3)37(27-14-12-26(35)13-15-27)33(38)31(32)20-28-16-17-29(43-28)22-36(21-25-8-6-5-7-9-25)44(40,41)30-18-10-23(2)11-19-30/h5-20H,4,21-22H2,1-3H3/b31-20+. The van der Waals surface area contributed by atoms with Gasteiger partial charge in [0.25, 0.3) is 5.91 Å². The van der Waals surface area contributed by atoms with E-state index in [9.17, 15) is 18.0 Å². The summed E-state index contributed by atoms with van der Waals surface area (Å²) in [6, 6.07) is 26.5. The number of allylic oxidation sites excluding steroid dienone is 1. The number of aryl methyl sites for hydroxylation is 1. The molecule has 1 aromatic heterocycles. The third-order valence-electron chi connectivity index (χ3n) is 7.13. The summed E-state index contributed by atoms with van der Waals surface area (Å²) >= 11 is 3.41. The molecule has 0 bridgehead atoms. The number of furan rings is 1. The summed E-state index contributed by atoms with van der Waals surface area (Å²) in [4.78, 5) is 28.3. The van der Waals surface area contributed by atoms with Crippen LogP contribution >= 0.6 is 15.9 Å². The number of benzene rings is 3. The average Bonchev–Trinajstić information content (AvgIpc) is 3.55. The molecule has 226 valence electrons. The van der Waals surface area contributed by atoms with Gasteiger partial charge in [-0.3, -0.25) is 9.69 Å². The number of amides is 1. The minimum Gasteiger partial charge on any atom is -0.462 e. The zero-order valence-corrected chi connectivity index (χ0v) is 26.9. The molecular formula is C34H31BrN2O6S. The van der Waals surface area contributed by atoms with Crippen molar-refractivity contribution < 1.29 is 27.2 Å². The number of anilines is 1. The fourth-order valence-corrected chi connectivity index (χ4v) is 6.59. The first-order valence-electron chi connectivity index (χ1n) is 14.0. The molecule has 0 saturated carbocycles. The van der Waals surface area contributed by atoms with Gasteiger partial charge >= 0.3 is 5.97 Å². The molecule has 0 unspecified atom stereocenters. The number of carbonyl (C=O) groups is 2. The molecule has 1 aliphatic heterocycles. The molecule has 5 rings (SSSR count). The van der Waals surface area contributed by atoms with Crippen molar-refractivity contribution in [1.29, 1.82) is 0 Å². The first-order valence-corrected chi connectivity index (χ1v) is 16.2. The van der Waals surface area contributed by atoms with Gasteiger partial charge in [0.2, 0.25) is 10.0 Å². The minimum absolute atomic E-state index is 0.0488. The first kappa shape index (κ1) is 31.2. The Balaban J connectivity index is 1.48. The van der Waals surface area contributed by atoms with Gasteiger partial charge in [-0.2, -0.15) is 4.31 Å². The van der Waals surface area contributed by atoms with E-state index in [0.29, 0.717) is 22.9 Å². The summed E-state index contributed by atoms with van der Waals surface area (Å²) in [7, 11) is -3.89. The van der Waals surface area contributed by atoms with Gasteiger partial charge in [-0.05, 0) is 80.9 Å². The highest BCUT2D eigenvalue weighted by molar-refractivity contribution is 9.10. The molecule has 2 heterocycles. The van der Waals surface area contributed by atoms with E-state index >= 15 is 0 Å². The van der Waals surface area contributed by atoms with Crippen LogP contribution in [0.4, 0.5) is 5.69 Å². The molecule has 0 aliphatic carbocycles. The molecule has 44 heavy (non-hydrogen) atoms. The van der Waals surface area contributed by atoms with E-state index in [0.717, 1.165) is 15.6 Å². The Bertz CT molecular complexity index is 1840. The van der Waals surface area contributed by atoms with E-state index in [1.54, 1.807) is 62.4 Å². The van der Waals surface area contributed by atoms with Crippen LogP contribution in [0.3, 0.4) is 0 Å². The topological polar surface area (TPSA) is 97.1 Å². The molecule has 0 atom stereocenters. The lowest BCUT2D eigenvalue weighted by Gasteiger charge is -2.21. The second-order valence-electron chi connectivity index (χ2n) is 10.2. The normalized spacial score (nSPS) is 14.6. The molecular weight excluding hydrogens is 644 g/mol. The second-order valence-corrected chi connectivity index (χ2v) is 13.1. The van der Waals surface area contributed by atoms with Gasteiger partial charge in [0.1, 0.15) is 11.5 Å². The summed E-state index contributed by atoms with van der Waals surface area (Å²) in [6.45, 7) is 5.51. The van der Waals surface area contributed by atoms with Gasteiger partial charge in [0.15, 0.2) is 0 Å². The highest BCUT2D eigenvalue weighted by Crippen LogP contribution is 2.36. The van der Waals surface area contributed by atoms with E-state index < -0.39 is 21.9 Å². The van der Waals surface area contributed by atoms with Crippen LogP contribution < -0.4 is 4.90 Å². The molecule has 0 fully saturated rings. The van der Waals surface area contributed by atoms with Crippen LogP contribution in [-0.4, -0.2) is 31.2 Å². The van der Waals surface area contributed by atoms with Crippen molar-refractivity contribution in [3.05, 3.63) is 135 Å². The fourth-order valence-electron chi connectivity index (χ4n) is 4.93. The summed E-state index contributed by atoms with van der Waals surface area (Å²) in [5, 5.41) is 0. The summed E-state index contributed by atoms with van der Waals surface area (Å²) < 4.78 is 41.1. The van der Waals surface area contributed by atoms with E-state index in [1.165, 1.54) is 15.3 Å².